The lowest BCUT2D eigenvalue weighted by atomic mass is 9.94. The Bertz CT molecular complexity index is 1500. The summed E-state index contributed by atoms with van der Waals surface area (Å²) in [7, 11) is -0.175. The number of hydrogen-bond acceptors (Lipinski definition) is 6. The second-order valence-corrected chi connectivity index (χ2v) is 12.7. The topological polar surface area (TPSA) is 99.5 Å². The van der Waals surface area contributed by atoms with Crippen LogP contribution in [0.3, 0.4) is 0 Å². The van der Waals surface area contributed by atoms with Gasteiger partial charge in [0, 0.05) is 42.1 Å². The van der Waals surface area contributed by atoms with E-state index >= 15 is 0 Å². The van der Waals surface area contributed by atoms with E-state index in [0.717, 1.165) is 29.4 Å². The maximum atomic E-state index is 13.0. The van der Waals surface area contributed by atoms with Gasteiger partial charge in [0.2, 0.25) is 0 Å². The Morgan fingerprint density at radius 1 is 1.26 bits per heavy atom. The zero-order valence-corrected chi connectivity index (χ0v) is 23.4. The number of halogens is 1. The van der Waals surface area contributed by atoms with E-state index in [2.05, 4.69) is 5.32 Å². The molecule has 0 spiro atoms. The van der Waals surface area contributed by atoms with Gasteiger partial charge in [-0.1, -0.05) is 17.7 Å². The van der Waals surface area contributed by atoms with Gasteiger partial charge in [-0.15, -0.1) is 0 Å². The molecule has 1 saturated heterocycles. The van der Waals surface area contributed by atoms with Gasteiger partial charge in [0.1, 0.15) is 11.3 Å². The molecule has 2 aliphatic rings. The van der Waals surface area contributed by atoms with Crippen molar-refractivity contribution in [2.45, 2.75) is 43.6 Å². The van der Waals surface area contributed by atoms with Gasteiger partial charge in [-0.3, -0.25) is 4.79 Å². The van der Waals surface area contributed by atoms with Crippen molar-refractivity contribution in [2.75, 3.05) is 33.6 Å². The highest BCUT2D eigenvalue weighted by Crippen LogP contribution is 2.44. The molecule has 1 amide bonds. The van der Waals surface area contributed by atoms with E-state index in [9.17, 15) is 13.2 Å². The molecular weight excluding hydrogens is 526 g/mol. The number of nitrogens with zero attached hydrogens (tertiary/aromatic N) is 2. The fourth-order valence-corrected chi connectivity index (χ4v) is 5.92. The van der Waals surface area contributed by atoms with Crippen molar-refractivity contribution >= 4 is 38.2 Å². The van der Waals surface area contributed by atoms with Crippen molar-refractivity contribution in [1.29, 1.82) is 0 Å². The number of benzene rings is 2. The van der Waals surface area contributed by atoms with Crippen molar-refractivity contribution < 1.29 is 22.7 Å². The number of rotatable bonds is 10. The Balaban J connectivity index is 1.56. The van der Waals surface area contributed by atoms with E-state index in [1.54, 1.807) is 31.0 Å². The lowest BCUT2D eigenvalue weighted by Crippen LogP contribution is -2.51. The van der Waals surface area contributed by atoms with Crippen LogP contribution in [0.25, 0.3) is 16.6 Å². The Kier molecular flexibility index (Phi) is 7.39. The number of nitrogens with one attached hydrogen (secondary N) is 1. The maximum Gasteiger partial charge on any atom is 0.270 e. The summed E-state index contributed by atoms with van der Waals surface area (Å²) in [4.78, 5) is 13.4. The first kappa shape index (κ1) is 26.9. The number of carbonyl (C=O) groups is 1. The molecule has 3 aromatic rings. The molecule has 5 rings (SSSR count). The second kappa shape index (κ2) is 10.4. The zero-order valence-electron chi connectivity index (χ0n) is 21.8. The van der Waals surface area contributed by atoms with Crippen molar-refractivity contribution in [3.63, 3.8) is 0 Å². The van der Waals surface area contributed by atoms with E-state index in [0.29, 0.717) is 58.8 Å². The highest BCUT2D eigenvalue weighted by Gasteiger charge is 2.38. The van der Waals surface area contributed by atoms with Crippen LogP contribution in [0, 0.1) is 0 Å². The lowest BCUT2D eigenvalue weighted by molar-refractivity contribution is -0.198. The number of ether oxygens (including phenoxy) is 2. The third kappa shape index (κ3) is 5.38. The first-order valence-electron chi connectivity index (χ1n) is 12.7. The summed E-state index contributed by atoms with van der Waals surface area (Å²) in [5.74, 6) is 0.0937. The molecule has 0 radical (unpaired) electrons. The van der Waals surface area contributed by atoms with E-state index in [4.69, 9.17) is 26.2 Å². The van der Waals surface area contributed by atoms with Crippen molar-refractivity contribution in [1.82, 2.24) is 15.1 Å². The van der Waals surface area contributed by atoms with Crippen LogP contribution in [0.4, 0.5) is 0 Å². The number of amides is 1. The van der Waals surface area contributed by atoms with E-state index in [1.807, 2.05) is 30.3 Å². The van der Waals surface area contributed by atoms with Crippen LogP contribution in [0.1, 0.15) is 53.2 Å². The number of carbonyl (C=O) groups excluding carboxylic acids is 1. The van der Waals surface area contributed by atoms with Crippen LogP contribution in [-0.4, -0.2) is 63.3 Å². The van der Waals surface area contributed by atoms with Gasteiger partial charge in [0.25, 0.3) is 5.91 Å². The SMILES string of the molecule is CNC(=O)c1c2cc(C3CC3)c(CC(=CCCC3(OC)COC3)S(C)(=O)=O)cc2nn1-c1ccc(Cl)cc1. The third-order valence-electron chi connectivity index (χ3n) is 7.44. The van der Waals surface area contributed by atoms with Crippen LogP contribution >= 0.6 is 11.6 Å². The standard InChI is InChI=1S/C28H32ClN3O5S/c1-30-27(33)26-24-15-23(18-6-7-18)19(14-25(24)31-32(26)21-10-8-20(29)9-11-21)13-22(38(3,34)35)5-4-12-28(36-2)16-37-17-28/h5,8-11,14-15,18H,4,6-7,12-13,16-17H2,1-3H3,(H,30,33). The number of methoxy groups -OCH3 is 1. The molecule has 1 aromatic heterocycles. The summed E-state index contributed by atoms with van der Waals surface area (Å²) in [6.07, 6.45) is 6.69. The summed E-state index contributed by atoms with van der Waals surface area (Å²) >= 11 is 6.08. The molecule has 1 saturated carbocycles. The quantitative estimate of drug-likeness (QED) is 0.391. The third-order valence-corrected chi connectivity index (χ3v) is 8.95. The van der Waals surface area contributed by atoms with Crippen molar-refractivity contribution in [3.8, 4) is 5.69 Å². The lowest BCUT2D eigenvalue weighted by Gasteiger charge is -2.39. The summed E-state index contributed by atoms with van der Waals surface area (Å²) < 4.78 is 38.1. The highest BCUT2D eigenvalue weighted by atomic mass is 35.5. The summed E-state index contributed by atoms with van der Waals surface area (Å²) in [6, 6.07) is 11.1. The molecule has 0 bridgehead atoms. The van der Waals surface area contributed by atoms with Gasteiger partial charge >= 0.3 is 0 Å². The number of allylic oxidation sites excluding steroid dienone is 2. The molecule has 8 nitrogen and oxygen atoms in total. The van der Waals surface area contributed by atoms with Gasteiger partial charge in [-0.05, 0) is 79.1 Å². The Morgan fingerprint density at radius 2 is 1.97 bits per heavy atom. The zero-order chi connectivity index (χ0) is 27.1. The van der Waals surface area contributed by atoms with Gasteiger partial charge < -0.3 is 14.8 Å². The van der Waals surface area contributed by atoms with Crippen molar-refractivity contribution in [2.24, 2.45) is 0 Å². The number of sulfone groups is 1. The van der Waals surface area contributed by atoms with Crippen LogP contribution in [0.15, 0.2) is 47.4 Å². The van der Waals surface area contributed by atoms with E-state index in [1.165, 1.54) is 6.26 Å². The van der Waals surface area contributed by atoms with Gasteiger partial charge in [0.05, 0.1) is 24.4 Å². The predicted molar refractivity (Wildman–Crippen MR) is 148 cm³/mol. The number of hydrogen-bond donors (Lipinski definition) is 1. The van der Waals surface area contributed by atoms with Crippen LogP contribution in [-0.2, 0) is 25.7 Å². The Hall–Kier alpha value is -2.72. The fraction of sp³-hybridized carbons (Fsp3) is 0.429. The summed E-state index contributed by atoms with van der Waals surface area (Å²) in [5.41, 5.74) is 3.45. The van der Waals surface area contributed by atoms with Crippen LogP contribution < -0.4 is 5.32 Å². The average Bonchev–Trinajstić information content (AvgIpc) is 3.64. The molecule has 202 valence electrons. The highest BCUT2D eigenvalue weighted by molar-refractivity contribution is 7.94. The molecule has 2 fully saturated rings. The average molecular weight is 558 g/mol. The van der Waals surface area contributed by atoms with Gasteiger partial charge in [-0.2, -0.15) is 5.10 Å². The Morgan fingerprint density at radius 3 is 2.53 bits per heavy atom. The molecule has 2 aromatic carbocycles. The number of fused-ring (bicyclic) bond motifs is 1. The molecular formula is C28H32ClN3O5S. The molecule has 0 atom stereocenters. The Labute approximate surface area is 227 Å². The van der Waals surface area contributed by atoms with Crippen molar-refractivity contribution in [3.05, 3.63) is 69.2 Å². The molecule has 2 heterocycles. The molecule has 1 aliphatic carbocycles. The first-order valence-corrected chi connectivity index (χ1v) is 15.0. The maximum absolute atomic E-state index is 13.0. The number of aromatic nitrogens is 2. The minimum absolute atomic E-state index is 0.249. The van der Waals surface area contributed by atoms with Gasteiger partial charge in [-0.25, -0.2) is 13.1 Å². The van der Waals surface area contributed by atoms with Crippen LogP contribution in [0.5, 0.6) is 0 Å². The molecule has 0 unspecified atom stereocenters. The monoisotopic (exact) mass is 557 g/mol. The summed E-state index contributed by atoms with van der Waals surface area (Å²) in [5, 5.41) is 8.83. The largest absolute Gasteiger partial charge is 0.375 e. The van der Waals surface area contributed by atoms with Gasteiger partial charge in [0.15, 0.2) is 9.84 Å². The van der Waals surface area contributed by atoms with Crippen LogP contribution in [0.2, 0.25) is 5.02 Å². The molecule has 38 heavy (non-hydrogen) atoms. The van der Waals surface area contributed by atoms with E-state index in [-0.39, 0.29) is 17.9 Å². The molecule has 1 aliphatic heterocycles. The first-order chi connectivity index (χ1) is 18.1. The minimum atomic E-state index is -3.43. The minimum Gasteiger partial charge on any atom is -0.375 e. The normalized spacial score (nSPS) is 17.4. The molecule has 1 N–H and O–H groups in total. The fourth-order valence-electron chi connectivity index (χ4n) is 4.96. The smallest absolute Gasteiger partial charge is 0.270 e. The van der Waals surface area contributed by atoms with E-state index < -0.39 is 9.84 Å². The second-order valence-electron chi connectivity index (χ2n) is 10.2. The molecule has 10 heteroatoms. The summed E-state index contributed by atoms with van der Waals surface area (Å²) in [6.45, 7) is 1.05. The predicted octanol–water partition coefficient (Wildman–Crippen LogP) is 4.58.